The van der Waals surface area contributed by atoms with Crippen LogP contribution in [-0.4, -0.2) is 42.8 Å². The Balaban J connectivity index is 1.28. The molecular weight excluding hydrogens is 348 g/mol. The first-order valence-electron chi connectivity index (χ1n) is 10.9. The minimum Gasteiger partial charge on any atom is -0.377 e. The van der Waals surface area contributed by atoms with Crippen LogP contribution >= 0.6 is 0 Å². The molecule has 0 bridgehead atoms. The van der Waals surface area contributed by atoms with Gasteiger partial charge in [-0.1, -0.05) is 18.6 Å². The number of fused-ring (bicyclic) bond motifs is 3. The molecule has 2 aromatic rings. The average Bonchev–Trinajstić information content (AvgIpc) is 3.25. The third-order valence-corrected chi connectivity index (χ3v) is 7.32. The molecule has 1 aromatic carbocycles. The molecular formula is C23H32N4O. The lowest BCUT2D eigenvalue weighted by atomic mass is 9.46. The van der Waals surface area contributed by atoms with Crippen LogP contribution in [0.15, 0.2) is 29.4 Å². The summed E-state index contributed by atoms with van der Waals surface area (Å²) in [5, 5.41) is 8.62. The molecule has 3 atom stereocenters. The van der Waals surface area contributed by atoms with Crippen LogP contribution in [0.25, 0.3) is 10.9 Å². The highest BCUT2D eigenvalue weighted by molar-refractivity contribution is 5.86. The standard InChI is InChI=1S/C23H32N4O/c1-3-24-22(27-20-17-9-13-28-21(17)23(20)10-5-11-23)25-12-8-16-14-26-18-7-4-6-15(2)19(16)18/h4,6-7,14,17,20-21,26H,3,5,8-13H2,1-2H3,(H2,24,25,27). The number of hydrogen-bond donors (Lipinski definition) is 3. The van der Waals surface area contributed by atoms with Crippen LogP contribution in [0.4, 0.5) is 0 Å². The fraction of sp³-hybridized carbons (Fsp3) is 0.609. The first-order valence-corrected chi connectivity index (χ1v) is 10.9. The number of aliphatic imine (C=N–C) groups is 1. The van der Waals surface area contributed by atoms with Crippen molar-refractivity contribution in [1.29, 1.82) is 0 Å². The van der Waals surface area contributed by atoms with Crippen LogP contribution in [0, 0.1) is 18.3 Å². The number of aryl methyl sites for hydroxylation is 1. The van der Waals surface area contributed by atoms with E-state index in [1.54, 1.807) is 0 Å². The summed E-state index contributed by atoms with van der Waals surface area (Å²) in [7, 11) is 0. The Bertz CT molecular complexity index is 882. The molecule has 2 aliphatic carbocycles. The van der Waals surface area contributed by atoms with Crippen molar-refractivity contribution in [3.05, 3.63) is 35.5 Å². The quantitative estimate of drug-likeness (QED) is 0.549. The highest BCUT2D eigenvalue weighted by Crippen LogP contribution is 2.62. The van der Waals surface area contributed by atoms with E-state index in [9.17, 15) is 0 Å². The van der Waals surface area contributed by atoms with Gasteiger partial charge in [-0.2, -0.15) is 0 Å². The smallest absolute Gasteiger partial charge is 0.191 e. The predicted molar refractivity (Wildman–Crippen MR) is 114 cm³/mol. The van der Waals surface area contributed by atoms with Gasteiger partial charge in [0, 0.05) is 54.2 Å². The first-order chi connectivity index (χ1) is 13.7. The van der Waals surface area contributed by atoms with Crippen LogP contribution in [-0.2, 0) is 11.2 Å². The van der Waals surface area contributed by atoms with E-state index in [1.807, 2.05) is 0 Å². The molecule has 5 nitrogen and oxygen atoms in total. The van der Waals surface area contributed by atoms with Gasteiger partial charge in [-0.05, 0) is 56.7 Å². The fourth-order valence-electron chi connectivity index (χ4n) is 5.86. The maximum absolute atomic E-state index is 6.06. The molecule has 3 unspecified atom stereocenters. The molecule has 3 fully saturated rings. The maximum atomic E-state index is 6.06. The van der Waals surface area contributed by atoms with Crippen LogP contribution < -0.4 is 10.6 Å². The maximum Gasteiger partial charge on any atom is 0.191 e. The van der Waals surface area contributed by atoms with Gasteiger partial charge in [0.05, 0.1) is 6.10 Å². The van der Waals surface area contributed by atoms with Gasteiger partial charge in [0.2, 0.25) is 0 Å². The van der Waals surface area contributed by atoms with Crippen molar-refractivity contribution in [3.63, 3.8) is 0 Å². The molecule has 5 rings (SSSR count). The van der Waals surface area contributed by atoms with Gasteiger partial charge in [-0.25, -0.2) is 0 Å². The number of hydrogen-bond acceptors (Lipinski definition) is 2. The molecule has 1 aromatic heterocycles. The van der Waals surface area contributed by atoms with E-state index in [2.05, 4.69) is 53.9 Å². The summed E-state index contributed by atoms with van der Waals surface area (Å²) in [4.78, 5) is 8.32. The predicted octanol–water partition coefficient (Wildman–Crippen LogP) is 3.53. The van der Waals surface area contributed by atoms with Gasteiger partial charge in [0.25, 0.3) is 0 Å². The molecule has 0 radical (unpaired) electrons. The van der Waals surface area contributed by atoms with Gasteiger partial charge in [-0.3, -0.25) is 4.99 Å². The molecule has 28 heavy (non-hydrogen) atoms. The normalized spacial score (nSPS) is 28.1. The third-order valence-electron chi connectivity index (χ3n) is 7.32. The Labute approximate surface area is 167 Å². The summed E-state index contributed by atoms with van der Waals surface area (Å²) in [6.45, 7) is 6.94. The van der Waals surface area contributed by atoms with Crippen molar-refractivity contribution >= 4 is 16.9 Å². The summed E-state index contributed by atoms with van der Waals surface area (Å²) in [6.07, 6.45) is 8.74. The minimum absolute atomic E-state index is 0.380. The van der Waals surface area contributed by atoms with Gasteiger partial charge in [0.15, 0.2) is 5.96 Å². The van der Waals surface area contributed by atoms with E-state index >= 15 is 0 Å². The molecule has 1 spiro atoms. The van der Waals surface area contributed by atoms with Gasteiger partial charge >= 0.3 is 0 Å². The number of aromatic nitrogens is 1. The molecule has 0 amide bonds. The molecule has 2 saturated carbocycles. The molecule has 150 valence electrons. The lowest BCUT2D eigenvalue weighted by Gasteiger charge is -2.63. The van der Waals surface area contributed by atoms with Crippen molar-refractivity contribution in [3.8, 4) is 0 Å². The zero-order valence-corrected chi connectivity index (χ0v) is 17.1. The summed E-state index contributed by atoms with van der Waals surface area (Å²) in [5.74, 6) is 1.64. The minimum atomic E-state index is 0.380. The van der Waals surface area contributed by atoms with Gasteiger partial charge in [-0.15, -0.1) is 0 Å². The average molecular weight is 381 g/mol. The third kappa shape index (κ3) is 2.74. The lowest BCUT2D eigenvalue weighted by Crippen LogP contribution is -2.72. The molecule has 2 heterocycles. The van der Waals surface area contributed by atoms with Crippen LogP contribution in [0.3, 0.4) is 0 Å². The van der Waals surface area contributed by atoms with Crippen molar-refractivity contribution in [2.45, 2.75) is 58.1 Å². The molecule has 3 aliphatic rings. The Morgan fingerprint density at radius 3 is 3.04 bits per heavy atom. The number of guanidine groups is 1. The molecule has 3 N–H and O–H groups in total. The van der Waals surface area contributed by atoms with Gasteiger partial charge < -0.3 is 20.4 Å². The highest BCUT2D eigenvalue weighted by atomic mass is 16.5. The summed E-state index contributed by atoms with van der Waals surface area (Å²) in [6, 6.07) is 6.97. The number of H-pyrrole nitrogens is 1. The molecule has 5 heteroatoms. The van der Waals surface area contributed by atoms with Crippen molar-refractivity contribution in [2.24, 2.45) is 16.3 Å². The van der Waals surface area contributed by atoms with E-state index in [1.165, 1.54) is 47.7 Å². The van der Waals surface area contributed by atoms with E-state index in [0.29, 0.717) is 23.5 Å². The van der Waals surface area contributed by atoms with E-state index in [-0.39, 0.29) is 0 Å². The van der Waals surface area contributed by atoms with E-state index in [0.717, 1.165) is 32.1 Å². The highest BCUT2D eigenvalue weighted by Gasteiger charge is 2.66. The molecule has 1 saturated heterocycles. The van der Waals surface area contributed by atoms with Gasteiger partial charge in [0.1, 0.15) is 0 Å². The second-order valence-electron chi connectivity index (χ2n) is 8.77. The Kier molecular flexibility index (Phi) is 4.58. The zero-order chi connectivity index (χ0) is 19.1. The summed E-state index contributed by atoms with van der Waals surface area (Å²) >= 11 is 0. The van der Waals surface area contributed by atoms with E-state index in [4.69, 9.17) is 9.73 Å². The summed E-state index contributed by atoms with van der Waals surface area (Å²) in [5.41, 5.74) is 4.29. The first kappa shape index (κ1) is 18.0. The molecule has 1 aliphatic heterocycles. The van der Waals surface area contributed by atoms with Crippen LogP contribution in [0.1, 0.15) is 43.7 Å². The van der Waals surface area contributed by atoms with Crippen molar-refractivity contribution in [2.75, 3.05) is 19.7 Å². The zero-order valence-electron chi connectivity index (χ0n) is 17.1. The Morgan fingerprint density at radius 1 is 1.36 bits per heavy atom. The van der Waals surface area contributed by atoms with Crippen LogP contribution in [0.2, 0.25) is 0 Å². The van der Waals surface area contributed by atoms with Crippen molar-refractivity contribution in [1.82, 2.24) is 15.6 Å². The largest absolute Gasteiger partial charge is 0.377 e. The lowest BCUT2D eigenvalue weighted by molar-refractivity contribution is -0.171. The second kappa shape index (κ2) is 7.11. The number of aromatic amines is 1. The number of nitrogens with zero attached hydrogens (tertiary/aromatic N) is 1. The fourth-order valence-corrected chi connectivity index (χ4v) is 5.86. The summed E-state index contributed by atoms with van der Waals surface area (Å²) < 4.78 is 6.06. The monoisotopic (exact) mass is 380 g/mol. The number of ether oxygens (including phenoxy) is 1. The number of benzene rings is 1. The SMILES string of the molecule is CCNC(=NCCc1c[nH]c2cccc(C)c12)NC1C2CCOC2C12CCC2. The topological polar surface area (TPSA) is 61.4 Å². The second-order valence-corrected chi connectivity index (χ2v) is 8.77. The van der Waals surface area contributed by atoms with Crippen molar-refractivity contribution < 1.29 is 4.74 Å². The Hall–Kier alpha value is -2.01. The van der Waals surface area contributed by atoms with Crippen LogP contribution in [0.5, 0.6) is 0 Å². The number of rotatable bonds is 5. The Morgan fingerprint density at radius 2 is 2.25 bits per heavy atom. The van der Waals surface area contributed by atoms with E-state index < -0.39 is 0 Å². The number of nitrogens with one attached hydrogen (secondary N) is 3.